The number of rotatable bonds is 6. The normalized spacial score (nSPS) is 12.8. The van der Waals surface area contributed by atoms with E-state index in [2.05, 4.69) is 210 Å². The molecule has 0 bridgehead atoms. The molecule has 8 aromatic rings. The van der Waals surface area contributed by atoms with E-state index in [1.165, 1.54) is 50.2 Å². The number of benzene rings is 7. The van der Waals surface area contributed by atoms with Crippen LogP contribution in [-0.4, -0.2) is 4.98 Å². The first-order valence-corrected chi connectivity index (χ1v) is 21.4. The largest absolute Gasteiger partial charge is 0.509 e. The molecule has 0 N–H and O–H groups in total. The maximum absolute atomic E-state index is 6.73. The molecule has 0 radical (unpaired) electrons. The third-order valence-corrected chi connectivity index (χ3v) is 12.2. The van der Waals surface area contributed by atoms with E-state index in [9.17, 15) is 0 Å². The van der Waals surface area contributed by atoms with Crippen LogP contribution in [0.2, 0.25) is 0 Å². The molecule has 10 rings (SSSR count). The Morgan fingerprint density at radius 1 is 0.556 bits per heavy atom. The SMILES string of the molecule is Cc1cc(C)c(-c2cc(C)c(N3[CH-]N(c4[c-]c(Oc5[c-]c6c(cc5)-c5ccccc5-c5ccccc5N6c5cc(C(C)(C)C)ccn5)ccc4)c4ccccc43)c(C)c2)c(C)c1.[Pt]. The Morgan fingerprint density at radius 2 is 1.16 bits per heavy atom. The molecule has 6 heteroatoms. The molecule has 1 aromatic heterocycles. The van der Waals surface area contributed by atoms with Crippen LogP contribution >= 0.6 is 0 Å². The van der Waals surface area contributed by atoms with E-state index in [-0.39, 0.29) is 26.5 Å². The van der Waals surface area contributed by atoms with Crippen LogP contribution in [0.15, 0.2) is 146 Å². The second kappa shape index (κ2) is 16.4. The quantitative estimate of drug-likeness (QED) is 0.155. The van der Waals surface area contributed by atoms with Crippen LogP contribution in [0.5, 0.6) is 11.5 Å². The van der Waals surface area contributed by atoms with Crippen molar-refractivity contribution in [1.29, 1.82) is 0 Å². The van der Waals surface area contributed by atoms with Gasteiger partial charge in [-0.3, -0.25) is 0 Å². The second-order valence-corrected chi connectivity index (χ2v) is 17.7. The van der Waals surface area contributed by atoms with E-state index in [0.717, 1.165) is 56.5 Å². The number of para-hydroxylation sites is 3. The first-order chi connectivity index (χ1) is 29.9. The van der Waals surface area contributed by atoms with E-state index in [1.54, 1.807) is 0 Å². The van der Waals surface area contributed by atoms with Gasteiger partial charge in [0.05, 0.1) is 5.69 Å². The Labute approximate surface area is 386 Å². The molecule has 63 heavy (non-hydrogen) atoms. The zero-order valence-electron chi connectivity index (χ0n) is 36.9. The number of pyridine rings is 1. The van der Waals surface area contributed by atoms with Crippen LogP contribution in [-0.2, 0) is 26.5 Å². The van der Waals surface area contributed by atoms with Crippen molar-refractivity contribution in [3.8, 4) is 44.9 Å². The maximum atomic E-state index is 6.73. The minimum absolute atomic E-state index is 0. The van der Waals surface area contributed by atoms with Crippen molar-refractivity contribution in [2.75, 3.05) is 14.7 Å². The number of aryl methyl sites for hydroxylation is 5. The van der Waals surface area contributed by atoms with Crippen molar-refractivity contribution in [2.45, 2.75) is 60.8 Å². The predicted molar refractivity (Wildman–Crippen MR) is 257 cm³/mol. The van der Waals surface area contributed by atoms with E-state index in [4.69, 9.17) is 9.72 Å². The molecule has 2 aliphatic heterocycles. The fourth-order valence-electron chi connectivity index (χ4n) is 9.48. The van der Waals surface area contributed by atoms with E-state index >= 15 is 0 Å². The molecule has 0 spiro atoms. The molecule has 0 saturated heterocycles. The summed E-state index contributed by atoms with van der Waals surface area (Å²) in [6, 6.07) is 56.8. The number of hydrogen-bond acceptors (Lipinski definition) is 5. The van der Waals surface area contributed by atoms with Crippen LogP contribution in [0.4, 0.5) is 39.9 Å². The molecular weight excluding hydrogens is 952 g/mol. The molecule has 2 aliphatic rings. The molecular formula is C57H49N4OPt-3. The Morgan fingerprint density at radius 3 is 1.84 bits per heavy atom. The van der Waals surface area contributed by atoms with Gasteiger partial charge in [-0.05, 0) is 127 Å². The van der Waals surface area contributed by atoms with E-state index in [0.29, 0.717) is 11.5 Å². The Bertz CT molecular complexity index is 3010. The standard InChI is InChI=1S/C57H49N4O.Pt/c1-36-28-37(2)55(38(3)29-36)41-30-39(4)56(40(5)31-41)60-35-59(51-22-13-14-23-52(51)60)43-16-15-17-44(33-43)62-45-24-25-49-47-19-10-9-18-46(47)48-20-11-12-21-50(48)61(53(49)34-45)54-32-42(26-27-58-54)57(6,7)8;/h9-32,35H,1-8H3;/q-3;. The summed E-state index contributed by atoms with van der Waals surface area (Å²) in [5, 5.41) is 0. The summed E-state index contributed by atoms with van der Waals surface area (Å²) in [6.07, 6.45) is 1.91. The third kappa shape index (κ3) is 7.53. The summed E-state index contributed by atoms with van der Waals surface area (Å²) in [5.41, 5.74) is 20.6. The van der Waals surface area contributed by atoms with E-state index in [1.807, 2.05) is 24.4 Å². The summed E-state index contributed by atoms with van der Waals surface area (Å²) >= 11 is 0. The van der Waals surface area contributed by atoms with Crippen molar-refractivity contribution in [3.63, 3.8) is 0 Å². The number of anilines is 7. The maximum Gasteiger partial charge on any atom is 0.135 e. The molecule has 0 amide bonds. The van der Waals surface area contributed by atoms with Crippen LogP contribution in [0.25, 0.3) is 33.4 Å². The Balaban J connectivity index is 0.00000504. The van der Waals surface area contributed by atoms with Crippen LogP contribution < -0.4 is 19.4 Å². The number of hydrogen-bond donors (Lipinski definition) is 0. The van der Waals surface area contributed by atoms with Gasteiger partial charge in [0.1, 0.15) is 5.82 Å². The smallest absolute Gasteiger partial charge is 0.135 e. The van der Waals surface area contributed by atoms with Gasteiger partial charge in [0.2, 0.25) is 0 Å². The minimum atomic E-state index is -0.0585. The van der Waals surface area contributed by atoms with Crippen molar-refractivity contribution < 1.29 is 25.8 Å². The zero-order chi connectivity index (χ0) is 42.9. The topological polar surface area (TPSA) is 31.8 Å². The number of ether oxygens (including phenoxy) is 1. The van der Waals surface area contributed by atoms with Crippen LogP contribution in [0, 0.1) is 53.4 Å². The van der Waals surface area contributed by atoms with Crippen LogP contribution in [0.1, 0.15) is 54.2 Å². The summed E-state index contributed by atoms with van der Waals surface area (Å²) in [6.45, 7) is 19.9. The van der Waals surface area contributed by atoms with Crippen molar-refractivity contribution in [3.05, 3.63) is 198 Å². The second-order valence-electron chi connectivity index (χ2n) is 17.7. The number of nitrogens with zero attached hydrogens (tertiary/aromatic N) is 4. The van der Waals surface area contributed by atoms with Gasteiger partial charge < -0.3 is 19.4 Å². The van der Waals surface area contributed by atoms with E-state index < -0.39 is 0 Å². The van der Waals surface area contributed by atoms with Gasteiger partial charge in [-0.25, -0.2) is 4.98 Å². The van der Waals surface area contributed by atoms with Gasteiger partial charge in [-0.15, -0.1) is 48.3 Å². The zero-order valence-corrected chi connectivity index (χ0v) is 39.2. The first-order valence-electron chi connectivity index (χ1n) is 21.4. The molecule has 3 heterocycles. The summed E-state index contributed by atoms with van der Waals surface area (Å²) in [4.78, 5) is 11.7. The summed E-state index contributed by atoms with van der Waals surface area (Å²) < 4.78 is 6.73. The van der Waals surface area contributed by atoms with Gasteiger partial charge in [0, 0.05) is 61.4 Å². The summed E-state index contributed by atoms with van der Waals surface area (Å²) in [7, 11) is 0. The van der Waals surface area contributed by atoms with Gasteiger partial charge in [-0.1, -0.05) is 104 Å². The van der Waals surface area contributed by atoms with Crippen molar-refractivity contribution in [1.82, 2.24) is 4.98 Å². The average molecular weight is 1000 g/mol. The molecule has 0 saturated carbocycles. The fraction of sp³-hybridized carbons (Fsp3) is 0.158. The van der Waals surface area contributed by atoms with Gasteiger partial charge >= 0.3 is 0 Å². The van der Waals surface area contributed by atoms with Gasteiger partial charge in [-0.2, -0.15) is 12.1 Å². The fourth-order valence-corrected chi connectivity index (χ4v) is 9.48. The van der Waals surface area contributed by atoms with Crippen molar-refractivity contribution in [2.24, 2.45) is 0 Å². The minimum Gasteiger partial charge on any atom is -0.509 e. The molecule has 0 atom stereocenters. The van der Waals surface area contributed by atoms with Gasteiger partial charge in [0.25, 0.3) is 0 Å². The predicted octanol–water partition coefficient (Wildman–Crippen LogP) is 15.5. The third-order valence-electron chi connectivity index (χ3n) is 12.2. The molecule has 0 aliphatic carbocycles. The first kappa shape index (κ1) is 41.9. The molecule has 5 nitrogen and oxygen atoms in total. The molecule has 0 fully saturated rings. The van der Waals surface area contributed by atoms with Gasteiger partial charge in [0.15, 0.2) is 0 Å². The monoisotopic (exact) mass is 1000 g/mol. The summed E-state index contributed by atoms with van der Waals surface area (Å²) in [5.74, 6) is 2.01. The molecule has 316 valence electrons. The van der Waals surface area contributed by atoms with Crippen LogP contribution in [0.3, 0.4) is 0 Å². The van der Waals surface area contributed by atoms with Crippen molar-refractivity contribution >= 4 is 39.9 Å². The Kier molecular flexibility index (Phi) is 10.9. The molecule has 7 aromatic carbocycles. The number of aromatic nitrogens is 1. The molecule has 0 unspecified atom stereocenters. The average Bonchev–Trinajstić information content (AvgIpc) is 3.57. The Hall–Kier alpha value is -6.42. The number of fused-ring (bicyclic) bond motifs is 6.